The molecule has 1 N–H and O–H groups in total. The molecule has 10 nitrogen and oxygen atoms in total. The molecule has 2 aromatic carbocycles. The maximum atomic E-state index is 12.5. The number of ether oxygens (including phenoxy) is 1. The Morgan fingerprint density at radius 2 is 1.69 bits per heavy atom. The van der Waals surface area contributed by atoms with Crippen molar-refractivity contribution in [1.29, 1.82) is 0 Å². The maximum Gasteiger partial charge on any atom is 0.331 e. The zero-order valence-corrected chi connectivity index (χ0v) is 19.7. The fraction of sp³-hybridized carbons (Fsp3) is 0.320. The summed E-state index contributed by atoms with van der Waals surface area (Å²) in [5.41, 5.74) is 2.95. The number of nitro benzene ring substituents is 1. The number of para-hydroxylation sites is 2. The summed E-state index contributed by atoms with van der Waals surface area (Å²) in [6.07, 6.45) is 2.34. The molecule has 0 atom stereocenters. The molecule has 184 valence electrons. The molecular formula is C25H28N4O6. The highest BCUT2D eigenvalue weighted by atomic mass is 16.6. The van der Waals surface area contributed by atoms with Crippen molar-refractivity contribution < 1.29 is 24.0 Å². The first-order chi connectivity index (χ1) is 16.7. The van der Waals surface area contributed by atoms with Gasteiger partial charge in [-0.3, -0.25) is 24.6 Å². The number of piperazine rings is 1. The molecule has 3 rings (SSSR count). The van der Waals surface area contributed by atoms with E-state index in [2.05, 4.69) is 5.32 Å². The van der Waals surface area contributed by atoms with Crippen molar-refractivity contribution in [2.45, 2.75) is 13.8 Å². The van der Waals surface area contributed by atoms with Crippen molar-refractivity contribution in [2.75, 3.05) is 44.6 Å². The number of nitro groups is 1. The van der Waals surface area contributed by atoms with Crippen LogP contribution in [0.5, 0.6) is 0 Å². The highest BCUT2D eigenvalue weighted by molar-refractivity contribution is 5.94. The Balaban J connectivity index is 1.41. The molecular weight excluding hydrogens is 452 g/mol. The van der Waals surface area contributed by atoms with Gasteiger partial charge in [0.05, 0.1) is 17.0 Å². The van der Waals surface area contributed by atoms with Gasteiger partial charge in [0, 0.05) is 44.0 Å². The fourth-order valence-electron chi connectivity index (χ4n) is 3.77. The number of carbonyl (C=O) groups excluding carboxylic acids is 3. The quantitative estimate of drug-likeness (QED) is 0.267. The van der Waals surface area contributed by atoms with Crippen LogP contribution in [0.1, 0.15) is 16.7 Å². The number of anilines is 1. The number of hydrogen-bond acceptors (Lipinski definition) is 7. The Morgan fingerprint density at radius 3 is 2.34 bits per heavy atom. The van der Waals surface area contributed by atoms with Gasteiger partial charge in [-0.25, -0.2) is 4.79 Å². The van der Waals surface area contributed by atoms with Crippen molar-refractivity contribution in [3.05, 3.63) is 75.3 Å². The van der Waals surface area contributed by atoms with Crippen LogP contribution in [0.4, 0.5) is 11.4 Å². The summed E-state index contributed by atoms with van der Waals surface area (Å²) >= 11 is 0. The van der Waals surface area contributed by atoms with Gasteiger partial charge in [0.1, 0.15) is 0 Å². The minimum Gasteiger partial charge on any atom is -0.452 e. The first-order valence-corrected chi connectivity index (χ1v) is 11.2. The molecule has 1 fully saturated rings. The second kappa shape index (κ2) is 11.9. The normalized spacial score (nSPS) is 14.1. The van der Waals surface area contributed by atoms with Gasteiger partial charge in [0.15, 0.2) is 6.61 Å². The van der Waals surface area contributed by atoms with E-state index >= 15 is 0 Å². The summed E-state index contributed by atoms with van der Waals surface area (Å²) in [5.74, 6) is -1.21. The van der Waals surface area contributed by atoms with Crippen molar-refractivity contribution in [1.82, 2.24) is 9.80 Å². The van der Waals surface area contributed by atoms with Gasteiger partial charge < -0.3 is 15.0 Å². The molecule has 1 saturated heterocycles. The van der Waals surface area contributed by atoms with E-state index in [-0.39, 0.29) is 29.6 Å². The van der Waals surface area contributed by atoms with Gasteiger partial charge in [-0.1, -0.05) is 30.3 Å². The molecule has 1 aliphatic heterocycles. The highest BCUT2D eigenvalue weighted by Crippen LogP contribution is 2.20. The first kappa shape index (κ1) is 25.6. The molecule has 0 spiro atoms. The fourth-order valence-corrected chi connectivity index (χ4v) is 3.77. The van der Waals surface area contributed by atoms with E-state index in [0.29, 0.717) is 26.2 Å². The molecule has 0 aliphatic carbocycles. The zero-order valence-electron chi connectivity index (χ0n) is 19.7. The largest absolute Gasteiger partial charge is 0.452 e. The number of esters is 1. The summed E-state index contributed by atoms with van der Waals surface area (Å²) < 4.78 is 4.99. The molecule has 0 saturated carbocycles. The van der Waals surface area contributed by atoms with Crippen LogP contribution in [-0.2, 0) is 19.1 Å². The molecule has 2 amide bonds. The second-order valence-corrected chi connectivity index (χ2v) is 8.23. The van der Waals surface area contributed by atoms with Gasteiger partial charge in [-0.15, -0.1) is 0 Å². The van der Waals surface area contributed by atoms with Crippen molar-refractivity contribution in [3.8, 4) is 0 Å². The van der Waals surface area contributed by atoms with E-state index in [4.69, 9.17) is 4.74 Å². The van der Waals surface area contributed by atoms with Crippen molar-refractivity contribution in [3.63, 3.8) is 0 Å². The standard InChI is InChI=1S/C25H28N4O6/c1-18-6-5-7-19(2)25(18)26-22(30)16-27-12-14-28(15-13-27)23(31)17-35-24(32)11-10-20-8-3-4-9-21(20)29(33)34/h3-11H,12-17H2,1-2H3,(H,26,30)/b11-10+. The van der Waals surface area contributed by atoms with Crippen molar-refractivity contribution >= 4 is 35.2 Å². The molecule has 0 unspecified atom stereocenters. The average molecular weight is 481 g/mol. The summed E-state index contributed by atoms with van der Waals surface area (Å²) in [6, 6.07) is 11.8. The maximum absolute atomic E-state index is 12.5. The minimum atomic E-state index is -0.765. The lowest BCUT2D eigenvalue weighted by molar-refractivity contribution is -0.385. The smallest absolute Gasteiger partial charge is 0.331 e. The second-order valence-electron chi connectivity index (χ2n) is 8.23. The molecule has 1 heterocycles. The lowest BCUT2D eigenvalue weighted by atomic mass is 10.1. The van der Waals surface area contributed by atoms with E-state index in [1.165, 1.54) is 24.3 Å². The SMILES string of the molecule is Cc1cccc(C)c1NC(=O)CN1CCN(C(=O)COC(=O)/C=C/c2ccccc2[N+](=O)[O-])CC1. The van der Waals surface area contributed by atoms with Crippen LogP contribution in [0.3, 0.4) is 0 Å². The predicted molar refractivity (Wildman–Crippen MR) is 131 cm³/mol. The zero-order chi connectivity index (χ0) is 25.4. The molecule has 0 aromatic heterocycles. The van der Waals surface area contributed by atoms with E-state index < -0.39 is 17.5 Å². The number of rotatable bonds is 8. The van der Waals surface area contributed by atoms with Gasteiger partial charge >= 0.3 is 5.97 Å². The number of hydrogen-bond donors (Lipinski definition) is 1. The predicted octanol–water partition coefficient (Wildman–Crippen LogP) is 2.55. The van der Waals surface area contributed by atoms with Gasteiger partial charge in [0.25, 0.3) is 11.6 Å². The number of aryl methyl sites for hydroxylation is 2. The van der Waals surface area contributed by atoms with Crippen LogP contribution >= 0.6 is 0 Å². The summed E-state index contributed by atoms with van der Waals surface area (Å²) in [6.45, 7) is 5.57. The summed E-state index contributed by atoms with van der Waals surface area (Å²) in [4.78, 5) is 50.9. The third-order valence-corrected chi connectivity index (χ3v) is 5.71. The van der Waals surface area contributed by atoms with Crippen LogP contribution in [0, 0.1) is 24.0 Å². The van der Waals surface area contributed by atoms with E-state index in [1.54, 1.807) is 11.0 Å². The summed E-state index contributed by atoms with van der Waals surface area (Å²) in [7, 11) is 0. The molecule has 35 heavy (non-hydrogen) atoms. The average Bonchev–Trinajstić information content (AvgIpc) is 2.84. The Kier molecular flexibility index (Phi) is 8.69. The molecule has 0 radical (unpaired) electrons. The highest BCUT2D eigenvalue weighted by Gasteiger charge is 2.23. The number of benzene rings is 2. The van der Waals surface area contributed by atoms with Crippen LogP contribution < -0.4 is 5.32 Å². The van der Waals surface area contributed by atoms with Crippen LogP contribution in [0.25, 0.3) is 6.08 Å². The number of nitrogens with one attached hydrogen (secondary N) is 1. The molecule has 2 aromatic rings. The van der Waals surface area contributed by atoms with Crippen LogP contribution in [-0.4, -0.2) is 71.8 Å². The Labute approximate surface area is 203 Å². The number of nitrogens with zero attached hydrogens (tertiary/aromatic N) is 3. The Morgan fingerprint density at radius 1 is 1.03 bits per heavy atom. The lowest BCUT2D eigenvalue weighted by Crippen LogP contribution is -2.51. The number of carbonyl (C=O) groups is 3. The monoisotopic (exact) mass is 480 g/mol. The first-order valence-electron chi connectivity index (χ1n) is 11.2. The van der Waals surface area contributed by atoms with Gasteiger partial charge in [-0.05, 0) is 37.1 Å². The van der Waals surface area contributed by atoms with E-state index in [1.807, 2.05) is 36.9 Å². The van der Waals surface area contributed by atoms with Crippen LogP contribution in [0.2, 0.25) is 0 Å². The Hall–Kier alpha value is -4.05. The minimum absolute atomic E-state index is 0.110. The lowest BCUT2D eigenvalue weighted by Gasteiger charge is -2.34. The third kappa shape index (κ3) is 7.21. The topological polar surface area (TPSA) is 122 Å². The van der Waals surface area contributed by atoms with Gasteiger partial charge in [-0.2, -0.15) is 0 Å². The van der Waals surface area contributed by atoms with Gasteiger partial charge in [0.2, 0.25) is 5.91 Å². The molecule has 0 bridgehead atoms. The van der Waals surface area contributed by atoms with E-state index in [9.17, 15) is 24.5 Å². The third-order valence-electron chi connectivity index (χ3n) is 5.71. The Bertz CT molecular complexity index is 1120. The molecule has 10 heteroatoms. The summed E-state index contributed by atoms with van der Waals surface area (Å²) in [5, 5.41) is 14.0. The van der Waals surface area contributed by atoms with Crippen molar-refractivity contribution in [2.24, 2.45) is 0 Å². The van der Waals surface area contributed by atoms with Crippen LogP contribution in [0.15, 0.2) is 48.5 Å². The van der Waals surface area contributed by atoms with E-state index in [0.717, 1.165) is 22.9 Å². The number of amides is 2. The molecule has 1 aliphatic rings.